The van der Waals surface area contributed by atoms with Crippen LogP contribution in [-0.2, 0) is 11.2 Å². The molecule has 1 saturated carbocycles. The minimum atomic E-state index is 0. The molecule has 1 amide bonds. The van der Waals surface area contributed by atoms with Gasteiger partial charge in [0.1, 0.15) is 0 Å². The van der Waals surface area contributed by atoms with Crippen LogP contribution >= 0.6 is 36.2 Å². The van der Waals surface area contributed by atoms with E-state index in [4.69, 9.17) is 4.98 Å². The number of nitrogens with zero attached hydrogens (tertiary/aromatic N) is 2. The lowest BCUT2D eigenvalue weighted by molar-refractivity contribution is -0.134. The molecule has 0 radical (unpaired) electrons. The van der Waals surface area contributed by atoms with Crippen molar-refractivity contribution in [1.29, 1.82) is 0 Å². The van der Waals surface area contributed by atoms with Crippen molar-refractivity contribution >= 4 is 42.1 Å². The van der Waals surface area contributed by atoms with Gasteiger partial charge in [0.05, 0.1) is 16.7 Å². The maximum atomic E-state index is 13.0. The fraction of sp³-hybridized carbons (Fsp3) is 0.789. The lowest BCUT2D eigenvalue weighted by atomic mass is 9.85. The molecule has 0 spiro atoms. The molecule has 7 heteroatoms. The van der Waals surface area contributed by atoms with E-state index in [1.165, 1.54) is 42.8 Å². The van der Waals surface area contributed by atoms with Gasteiger partial charge in [-0.15, -0.1) is 36.2 Å². The number of halogens is 2. The van der Waals surface area contributed by atoms with E-state index >= 15 is 0 Å². The van der Waals surface area contributed by atoms with E-state index < -0.39 is 0 Å². The highest BCUT2D eigenvalue weighted by Gasteiger charge is 2.40. The number of rotatable bonds is 3. The number of amides is 1. The van der Waals surface area contributed by atoms with Gasteiger partial charge in [0, 0.05) is 30.4 Å². The van der Waals surface area contributed by atoms with Crippen LogP contribution in [0.25, 0.3) is 0 Å². The lowest BCUT2D eigenvalue weighted by Crippen LogP contribution is -2.48. The first kappa shape index (κ1) is 21.9. The number of aromatic nitrogens is 1. The molecule has 1 aromatic heterocycles. The molecule has 3 heterocycles. The maximum Gasteiger partial charge on any atom is 0.239 e. The van der Waals surface area contributed by atoms with Crippen molar-refractivity contribution in [3.8, 4) is 0 Å². The molecule has 4 unspecified atom stereocenters. The quantitative estimate of drug-likeness (QED) is 0.798. The van der Waals surface area contributed by atoms with E-state index in [0.717, 1.165) is 38.3 Å². The zero-order chi connectivity index (χ0) is 16.5. The van der Waals surface area contributed by atoms with Crippen LogP contribution in [-0.4, -0.2) is 41.0 Å². The first-order chi connectivity index (χ1) is 11.7. The van der Waals surface area contributed by atoms with Crippen molar-refractivity contribution < 1.29 is 4.79 Å². The van der Waals surface area contributed by atoms with Gasteiger partial charge in [-0.3, -0.25) is 4.79 Å². The molecule has 4 nitrogen and oxygen atoms in total. The number of piperidine rings is 1. The van der Waals surface area contributed by atoms with E-state index in [1.54, 1.807) is 11.3 Å². The number of thiazole rings is 1. The van der Waals surface area contributed by atoms with Crippen molar-refractivity contribution in [2.45, 2.75) is 76.3 Å². The van der Waals surface area contributed by atoms with Crippen LogP contribution in [0, 0.1) is 5.92 Å². The summed E-state index contributed by atoms with van der Waals surface area (Å²) >= 11 is 1.78. The summed E-state index contributed by atoms with van der Waals surface area (Å²) in [4.78, 5) is 19.9. The summed E-state index contributed by atoms with van der Waals surface area (Å²) in [6.07, 6.45) is 9.58. The molecule has 1 N–H and O–H groups in total. The van der Waals surface area contributed by atoms with Crippen LogP contribution in [0.4, 0.5) is 0 Å². The Hall–Kier alpha value is -0.360. The van der Waals surface area contributed by atoms with Gasteiger partial charge in [0.25, 0.3) is 0 Å². The Morgan fingerprint density at radius 3 is 2.81 bits per heavy atom. The van der Waals surface area contributed by atoms with Crippen LogP contribution in [0.5, 0.6) is 0 Å². The molecule has 4 rings (SSSR count). The number of hydrogen-bond acceptors (Lipinski definition) is 4. The molecule has 1 aromatic rings. The van der Waals surface area contributed by atoms with E-state index in [2.05, 4.69) is 22.5 Å². The first-order valence-electron chi connectivity index (χ1n) is 9.73. The number of likely N-dealkylation sites (tertiary alicyclic amines) is 1. The highest BCUT2D eigenvalue weighted by molar-refractivity contribution is 7.09. The van der Waals surface area contributed by atoms with E-state index in [9.17, 15) is 4.79 Å². The van der Waals surface area contributed by atoms with Crippen LogP contribution in [0.15, 0.2) is 5.38 Å². The third-order valence-electron chi connectivity index (χ3n) is 6.17. The van der Waals surface area contributed by atoms with Crippen molar-refractivity contribution in [1.82, 2.24) is 15.2 Å². The molecule has 4 atom stereocenters. The largest absolute Gasteiger partial charge is 0.341 e. The Bertz CT molecular complexity index is 583. The van der Waals surface area contributed by atoms with Gasteiger partial charge >= 0.3 is 0 Å². The third-order valence-corrected chi connectivity index (χ3v) is 7.23. The average molecular weight is 420 g/mol. The van der Waals surface area contributed by atoms with E-state index in [0.29, 0.717) is 17.9 Å². The van der Waals surface area contributed by atoms with Gasteiger partial charge in [-0.05, 0) is 44.4 Å². The standard InChI is InChI=1S/C19H29N3OS.2ClH/c1-2-15-12-24-18(20-15)14-7-5-9-22(11-14)19(23)17-10-13-6-3-4-8-16(13)21-17;;/h12-14,16-17,21H,2-11H2,1H3;2*1H. The second-order valence-corrected chi connectivity index (χ2v) is 8.65. The van der Waals surface area contributed by atoms with Gasteiger partial charge in [0.2, 0.25) is 5.91 Å². The molecule has 2 aliphatic heterocycles. The number of hydrogen-bond donors (Lipinski definition) is 1. The fourth-order valence-corrected chi connectivity index (χ4v) is 5.81. The smallest absolute Gasteiger partial charge is 0.239 e. The zero-order valence-electron chi connectivity index (χ0n) is 15.5. The second kappa shape index (κ2) is 9.72. The van der Waals surface area contributed by atoms with E-state index in [1.807, 2.05) is 0 Å². The summed E-state index contributed by atoms with van der Waals surface area (Å²) < 4.78 is 0. The van der Waals surface area contributed by atoms with Gasteiger partial charge in [0.15, 0.2) is 0 Å². The Morgan fingerprint density at radius 2 is 2.08 bits per heavy atom. The second-order valence-electron chi connectivity index (χ2n) is 7.76. The highest BCUT2D eigenvalue weighted by atomic mass is 35.5. The Kier molecular flexibility index (Phi) is 8.20. The van der Waals surface area contributed by atoms with Crippen LogP contribution in [0.3, 0.4) is 0 Å². The van der Waals surface area contributed by atoms with Crippen molar-refractivity contribution in [3.05, 3.63) is 16.1 Å². The van der Waals surface area contributed by atoms with Crippen LogP contribution in [0.2, 0.25) is 0 Å². The number of carbonyl (C=O) groups is 1. The summed E-state index contributed by atoms with van der Waals surface area (Å²) in [5, 5.41) is 7.07. The molecule has 3 fully saturated rings. The summed E-state index contributed by atoms with van der Waals surface area (Å²) in [7, 11) is 0. The van der Waals surface area contributed by atoms with Gasteiger partial charge < -0.3 is 10.2 Å². The normalized spacial score (nSPS) is 30.9. The third kappa shape index (κ3) is 4.54. The molecule has 0 aromatic carbocycles. The molecule has 3 aliphatic rings. The molecule has 0 bridgehead atoms. The van der Waals surface area contributed by atoms with Gasteiger partial charge in [-0.1, -0.05) is 19.8 Å². The van der Waals surface area contributed by atoms with Gasteiger partial charge in [-0.2, -0.15) is 0 Å². The first-order valence-corrected chi connectivity index (χ1v) is 10.6. The molecular weight excluding hydrogens is 389 g/mol. The summed E-state index contributed by atoms with van der Waals surface area (Å²) in [6, 6.07) is 0.665. The topological polar surface area (TPSA) is 45.2 Å². The summed E-state index contributed by atoms with van der Waals surface area (Å²) in [5.74, 6) is 1.53. The Balaban J connectivity index is 0.00000121. The summed E-state index contributed by atoms with van der Waals surface area (Å²) in [6.45, 7) is 3.94. The Labute approximate surface area is 173 Å². The van der Waals surface area contributed by atoms with Crippen molar-refractivity contribution in [3.63, 3.8) is 0 Å². The predicted molar refractivity (Wildman–Crippen MR) is 112 cm³/mol. The van der Waals surface area contributed by atoms with E-state index in [-0.39, 0.29) is 30.9 Å². The SMILES string of the molecule is CCc1csc(C2CCCN(C(=O)C3CC4CCCCC4N3)C2)n1.Cl.Cl. The molecule has 2 saturated heterocycles. The summed E-state index contributed by atoms with van der Waals surface area (Å²) in [5.41, 5.74) is 1.19. The van der Waals surface area contributed by atoms with Gasteiger partial charge in [-0.25, -0.2) is 4.98 Å². The van der Waals surface area contributed by atoms with Crippen molar-refractivity contribution in [2.75, 3.05) is 13.1 Å². The molecular formula is C19H31Cl2N3OS. The predicted octanol–water partition coefficient (Wildman–Crippen LogP) is 4.18. The number of carbonyl (C=O) groups excluding carboxylic acids is 1. The fourth-order valence-electron chi connectivity index (χ4n) is 4.78. The van der Waals surface area contributed by atoms with Crippen LogP contribution < -0.4 is 5.32 Å². The van der Waals surface area contributed by atoms with Crippen molar-refractivity contribution in [2.24, 2.45) is 5.92 Å². The minimum absolute atomic E-state index is 0. The number of nitrogens with one attached hydrogen (secondary N) is 1. The average Bonchev–Trinajstić information content (AvgIpc) is 3.27. The Morgan fingerprint density at radius 1 is 1.27 bits per heavy atom. The lowest BCUT2D eigenvalue weighted by Gasteiger charge is -2.33. The minimum Gasteiger partial charge on any atom is -0.341 e. The monoisotopic (exact) mass is 419 g/mol. The molecule has 1 aliphatic carbocycles. The molecule has 26 heavy (non-hydrogen) atoms. The number of aryl methyl sites for hydroxylation is 1. The number of fused-ring (bicyclic) bond motifs is 1. The maximum absolute atomic E-state index is 13.0. The highest BCUT2D eigenvalue weighted by Crippen LogP contribution is 2.35. The zero-order valence-corrected chi connectivity index (χ0v) is 17.9. The van der Waals surface area contributed by atoms with Crippen LogP contribution in [0.1, 0.15) is 68.5 Å². The molecule has 148 valence electrons.